The number of aromatic nitrogens is 1. The Kier molecular flexibility index (Phi) is 3.26. The molecule has 2 heterocycles. The Morgan fingerprint density at radius 3 is 2.83 bits per heavy atom. The van der Waals surface area contributed by atoms with Crippen LogP contribution in [0.2, 0.25) is 0 Å². The average molecular weight is 309 g/mol. The minimum Gasteiger partial charge on any atom is -0.358 e. The first-order chi connectivity index (χ1) is 11.2. The van der Waals surface area contributed by atoms with Gasteiger partial charge in [-0.05, 0) is 30.3 Å². The first kappa shape index (κ1) is 13.8. The zero-order chi connectivity index (χ0) is 15.8. The zero-order valence-corrected chi connectivity index (χ0v) is 12.5. The summed E-state index contributed by atoms with van der Waals surface area (Å²) >= 11 is 0. The number of halogens is 1. The summed E-state index contributed by atoms with van der Waals surface area (Å²) in [6.07, 6.45) is 0.744. The number of urea groups is 1. The Morgan fingerprint density at radius 1 is 1.17 bits per heavy atom. The van der Waals surface area contributed by atoms with Crippen molar-refractivity contribution in [1.82, 2.24) is 9.88 Å². The molecule has 1 aromatic heterocycles. The van der Waals surface area contributed by atoms with Crippen molar-refractivity contribution in [3.63, 3.8) is 0 Å². The molecule has 0 bridgehead atoms. The summed E-state index contributed by atoms with van der Waals surface area (Å²) in [7, 11) is 0. The maximum atomic E-state index is 13.4. The van der Waals surface area contributed by atoms with Gasteiger partial charge < -0.3 is 15.2 Å². The number of carbonyl (C=O) groups excluding carboxylic acids is 1. The number of hydrogen-bond donors (Lipinski definition) is 2. The maximum Gasteiger partial charge on any atom is 0.322 e. The fourth-order valence-corrected chi connectivity index (χ4v) is 3.09. The molecule has 2 amide bonds. The normalized spacial score (nSPS) is 13.9. The second kappa shape index (κ2) is 5.43. The summed E-state index contributed by atoms with van der Waals surface area (Å²) in [5.41, 5.74) is 3.74. The number of rotatable bonds is 1. The van der Waals surface area contributed by atoms with Crippen LogP contribution in [-0.2, 0) is 13.0 Å². The second-order valence-corrected chi connectivity index (χ2v) is 5.74. The van der Waals surface area contributed by atoms with Gasteiger partial charge in [-0.15, -0.1) is 0 Å². The molecule has 3 aromatic rings. The molecule has 1 aliphatic heterocycles. The maximum absolute atomic E-state index is 13.4. The van der Waals surface area contributed by atoms with Gasteiger partial charge in [-0.2, -0.15) is 0 Å². The summed E-state index contributed by atoms with van der Waals surface area (Å²) in [6, 6.07) is 14.0. The molecular weight excluding hydrogens is 293 g/mol. The van der Waals surface area contributed by atoms with Gasteiger partial charge in [-0.3, -0.25) is 0 Å². The second-order valence-electron chi connectivity index (χ2n) is 5.74. The lowest BCUT2D eigenvalue weighted by Crippen LogP contribution is -2.38. The third-order valence-corrected chi connectivity index (χ3v) is 4.25. The van der Waals surface area contributed by atoms with E-state index in [4.69, 9.17) is 0 Å². The van der Waals surface area contributed by atoms with E-state index in [9.17, 15) is 9.18 Å². The standard InChI is InChI=1S/C18H16FN3O/c19-12-6-7-14-15-11-22(9-8-16(15)21-17(14)10-12)18(23)20-13-4-2-1-3-5-13/h1-7,10,21H,8-9,11H2,(H,20,23). The predicted octanol–water partition coefficient (Wildman–Crippen LogP) is 3.90. The average Bonchev–Trinajstić information content (AvgIpc) is 2.92. The number of nitrogens with zero attached hydrogens (tertiary/aromatic N) is 1. The molecule has 0 saturated carbocycles. The van der Waals surface area contributed by atoms with Crippen LogP contribution in [0.1, 0.15) is 11.3 Å². The van der Waals surface area contributed by atoms with E-state index in [-0.39, 0.29) is 11.8 Å². The molecular formula is C18H16FN3O. The molecule has 4 nitrogen and oxygen atoms in total. The lowest BCUT2D eigenvalue weighted by atomic mass is 10.0. The van der Waals surface area contributed by atoms with Gasteiger partial charge in [0.25, 0.3) is 0 Å². The van der Waals surface area contributed by atoms with Crippen molar-refractivity contribution in [1.29, 1.82) is 0 Å². The van der Waals surface area contributed by atoms with E-state index in [0.717, 1.165) is 34.3 Å². The van der Waals surface area contributed by atoms with Crippen LogP contribution in [-0.4, -0.2) is 22.5 Å². The van der Waals surface area contributed by atoms with Gasteiger partial charge in [0.15, 0.2) is 0 Å². The van der Waals surface area contributed by atoms with Crippen LogP contribution in [0.5, 0.6) is 0 Å². The van der Waals surface area contributed by atoms with E-state index >= 15 is 0 Å². The molecule has 0 unspecified atom stereocenters. The van der Waals surface area contributed by atoms with E-state index in [1.54, 1.807) is 11.0 Å². The molecule has 116 valence electrons. The van der Waals surface area contributed by atoms with Gasteiger partial charge in [-0.25, -0.2) is 9.18 Å². The minimum absolute atomic E-state index is 0.113. The lowest BCUT2D eigenvalue weighted by Gasteiger charge is -2.27. The summed E-state index contributed by atoms with van der Waals surface area (Å²) in [5, 5.41) is 3.89. The van der Waals surface area contributed by atoms with E-state index in [2.05, 4.69) is 10.3 Å². The van der Waals surface area contributed by atoms with Gasteiger partial charge in [0.1, 0.15) is 5.82 Å². The van der Waals surface area contributed by atoms with E-state index in [1.165, 1.54) is 12.1 Å². The Morgan fingerprint density at radius 2 is 2.00 bits per heavy atom. The number of anilines is 1. The Balaban J connectivity index is 1.58. The van der Waals surface area contributed by atoms with Gasteiger partial charge in [0.05, 0.1) is 0 Å². The summed E-state index contributed by atoms with van der Waals surface area (Å²) < 4.78 is 13.4. The highest BCUT2D eigenvalue weighted by Crippen LogP contribution is 2.28. The number of amides is 2. The van der Waals surface area contributed by atoms with Crippen LogP contribution in [0, 0.1) is 5.82 Å². The number of nitrogens with one attached hydrogen (secondary N) is 2. The molecule has 0 radical (unpaired) electrons. The van der Waals surface area contributed by atoms with Gasteiger partial charge in [0.2, 0.25) is 0 Å². The molecule has 0 fully saturated rings. The molecule has 0 spiro atoms. The highest BCUT2D eigenvalue weighted by Gasteiger charge is 2.24. The Hall–Kier alpha value is -2.82. The van der Waals surface area contributed by atoms with Crippen LogP contribution in [0.15, 0.2) is 48.5 Å². The summed E-state index contributed by atoms with van der Waals surface area (Å²) in [4.78, 5) is 17.5. The highest BCUT2D eigenvalue weighted by molar-refractivity contribution is 5.91. The number of carbonyl (C=O) groups is 1. The molecule has 1 aliphatic rings. The lowest BCUT2D eigenvalue weighted by molar-refractivity contribution is 0.206. The summed E-state index contributed by atoms with van der Waals surface area (Å²) in [6.45, 7) is 1.17. The third kappa shape index (κ3) is 2.54. The van der Waals surface area contributed by atoms with Gasteiger partial charge in [-0.1, -0.05) is 18.2 Å². The molecule has 2 N–H and O–H groups in total. The fourth-order valence-electron chi connectivity index (χ4n) is 3.09. The number of aromatic amines is 1. The van der Waals surface area contributed by atoms with Crippen molar-refractivity contribution in [2.24, 2.45) is 0 Å². The first-order valence-electron chi connectivity index (χ1n) is 7.60. The smallest absolute Gasteiger partial charge is 0.322 e. The quantitative estimate of drug-likeness (QED) is 0.704. The number of benzene rings is 2. The van der Waals surface area contributed by atoms with E-state index in [0.29, 0.717) is 13.1 Å². The molecule has 0 atom stereocenters. The van der Waals surface area contributed by atoms with Gasteiger partial charge in [0, 0.05) is 47.4 Å². The van der Waals surface area contributed by atoms with Crippen molar-refractivity contribution >= 4 is 22.6 Å². The van der Waals surface area contributed by atoms with Crippen molar-refractivity contribution in [3.8, 4) is 0 Å². The first-order valence-corrected chi connectivity index (χ1v) is 7.60. The van der Waals surface area contributed by atoms with Crippen LogP contribution in [0.4, 0.5) is 14.9 Å². The third-order valence-electron chi connectivity index (χ3n) is 4.25. The number of fused-ring (bicyclic) bond motifs is 3. The van der Waals surface area contributed by atoms with Crippen molar-refractivity contribution in [2.75, 3.05) is 11.9 Å². The number of hydrogen-bond acceptors (Lipinski definition) is 1. The van der Waals surface area contributed by atoms with Crippen LogP contribution in [0.25, 0.3) is 10.9 Å². The fraction of sp³-hybridized carbons (Fsp3) is 0.167. The minimum atomic E-state index is -0.255. The van der Waals surface area contributed by atoms with Gasteiger partial charge >= 0.3 is 6.03 Å². The molecule has 23 heavy (non-hydrogen) atoms. The van der Waals surface area contributed by atoms with Crippen molar-refractivity contribution in [3.05, 3.63) is 65.6 Å². The van der Waals surface area contributed by atoms with E-state index < -0.39 is 0 Å². The Bertz CT molecular complexity index is 873. The number of para-hydroxylation sites is 1. The Labute approximate surface area is 132 Å². The zero-order valence-electron chi connectivity index (χ0n) is 12.5. The highest BCUT2D eigenvalue weighted by atomic mass is 19.1. The topological polar surface area (TPSA) is 48.1 Å². The number of H-pyrrole nitrogens is 1. The largest absolute Gasteiger partial charge is 0.358 e. The predicted molar refractivity (Wildman–Crippen MR) is 87.8 cm³/mol. The molecule has 5 heteroatoms. The monoisotopic (exact) mass is 309 g/mol. The van der Waals surface area contributed by atoms with Crippen molar-refractivity contribution in [2.45, 2.75) is 13.0 Å². The van der Waals surface area contributed by atoms with Crippen LogP contribution >= 0.6 is 0 Å². The van der Waals surface area contributed by atoms with Crippen LogP contribution < -0.4 is 5.32 Å². The van der Waals surface area contributed by atoms with Crippen LogP contribution in [0.3, 0.4) is 0 Å². The molecule has 4 rings (SSSR count). The van der Waals surface area contributed by atoms with E-state index in [1.807, 2.05) is 30.3 Å². The molecule has 0 aliphatic carbocycles. The van der Waals surface area contributed by atoms with Crippen molar-refractivity contribution < 1.29 is 9.18 Å². The SMILES string of the molecule is O=C(Nc1ccccc1)N1CCc2[nH]c3cc(F)ccc3c2C1. The summed E-state index contributed by atoms with van der Waals surface area (Å²) in [5.74, 6) is -0.255. The molecule has 2 aromatic carbocycles. The molecule has 0 saturated heterocycles.